The van der Waals surface area contributed by atoms with E-state index in [0.29, 0.717) is 10.6 Å². The number of benzene rings is 1. The summed E-state index contributed by atoms with van der Waals surface area (Å²) in [6.45, 7) is 3.58. The van der Waals surface area contributed by atoms with Crippen molar-refractivity contribution in [3.8, 4) is 5.75 Å². The van der Waals surface area contributed by atoms with Gasteiger partial charge in [0.15, 0.2) is 0 Å². The van der Waals surface area contributed by atoms with E-state index in [1.165, 1.54) is 6.07 Å². The summed E-state index contributed by atoms with van der Waals surface area (Å²) in [5.74, 6) is -0.186. The van der Waals surface area contributed by atoms with Crippen LogP contribution in [0.3, 0.4) is 0 Å². The molecule has 0 heterocycles. The third kappa shape index (κ3) is 2.67. The average Bonchev–Trinajstić information content (AvgIpc) is 2.11. The van der Waals surface area contributed by atoms with Crippen molar-refractivity contribution in [3.05, 3.63) is 18.2 Å². The van der Waals surface area contributed by atoms with Crippen LogP contribution in [-0.2, 0) is 4.79 Å². The number of rotatable bonds is 2. The van der Waals surface area contributed by atoms with E-state index in [0.717, 1.165) is 0 Å². The number of hydrogen-bond acceptors (Lipinski definition) is 3. The quantitative estimate of drug-likeness (QED) is 0.519. The van der Waals surface area contributed by atoms with Crippen LogP contribution in [0.15, 0.2) is 23.1 Å². The lowest BCUT2D eigenvalue weighted by Gasteiger charge is -2.09. The zero-order chi connectivity index (χ0) is 10.7. The first-order valence-electron chi connectivity index (χ1n) is 4.33. The van der Waals surface area contributed by atoms with Gasteiger partial charge in [-0.1, -0.05) is 13.8 Å². The van der Waals surface area contributed by atoms with E-state index in [1.54, 1.807) is 26.0 Å². The Morgan fingerprint density at radius 2 is 2.14 bits per heavy atom. The van der Waals surface area contributed by atoms with Gasteiger partial charge in [-0.15, -0.1) is 12.6 Å². The van der Waals surface area contributed by atoms with Gasteiger partial charge in [-0.3, -0.25) is 4.79 Å². The molecule has 1 amide bonds. The van der Waals surface area contributed by atoms with E-state index in [4.69, 9.17) is 0 Å². The number of nitrogens with one attached hydrogen (secondary N) is 1. The van der Waals surface area contributed by atoms with Gasteiger partial charge in [0.25, 0.3) is 0 Å². The molecule has 0 saturated carbocycles. The van der Waals surface area contributed by atoms with Gasteiger partial charge < -0.3 is 10.4 Å². The molecule has 4 heteroatoms. The van der Waals surface area contributed by atoms with Gasteiger partial charge in [0.05, 0.1) is 5.69 Å². The zero-order valence-corrected chi connectivity index (χ0v) is 9.01. The van der Waals surface area contributed by atoms with Crippen LogP contribution in [-0.4, -0.2) is 11.0 Å². The number of phenolic OH excluding ortho intramolecular Hbond substituents is 1. The monoisotopic (exact) mass is 211 g/mol. The fourth-order valence-electron chi connectivity index (χ4n) is 0.901. The first-order valence-corrected chi connectivity index (χ1v) is 4.78. The highest BCUT2D eigenvalue weighted by molar-refractivity contribution is 7.80. The topological polar surface area (TPSA) is 49.3 Å². The van der Waals surface area contributed by atoms with Gasteiger partial charge in [-0.25, -0.2) is 0 Å². The minimum atomic E-state index is -0.126. The molecule has 2 N–H and O–H groups in total. The van der Waals surface area contributed by atoms with Gasteiger partial charge >= 0.3 is 0 Å². The maximum atomic E-state index is 11.3. The third-order valence-corrected chi connectivity index (χ3v) is 2.04. The molecule has 0 saturated heterocycles. The number of carbonyl (C=O) groups is 1. The molecule has 14 heavy (non-hydrogen) atoms. The molecule has 0 aliphatic heterocycles. The van der Waals surface area contributed by atoms with Crippen molar-refractivity contribution < 1.29 is 9.90 Å². The zero-order valence-electron chi connectivity index (χ0n) is 8.11. The Bertz CT molecular complexity index is 350. The second-order valence-electron chi connectivity index (χ2n) is 3.35. The summed E-state index contributed by atoms with van der Waals surface area (Å²) < 4.78 is 0. The molecule has 1 rings (SSSR count). The van der Waals surface area contributed by atoms with Crippen molar-refractivity contribution >= 4 is 24.2 Å². The Kier molecular flexibility index (Phi) is 3.41. The summed E-state index contributed by atoms with van der Waals surface area (Å²) >= 11 is 4.11. The molecule has 3 nitrogen and oxygen atoms in total. The number of phenols is 1. The second kappa shape index (κ2) is 4.37. The summed E-state index contributed by atoms with van der Waals surface area (Å²) in [5, 5.41) is 12.0. The Morgan fingerprint density at radius 3 is 2.71 bits per heavy atom. The van der Waals surface area contributed by atoms with E-state index in [-0.39, 0.29) is 17.6 Å². The summed E-state index contributed by atoms with van der Waals surface area (Å²) in [5.41, 5.74) is 0.399. The van der Waals surface area contributed by atoms with Gasteiger partial charge in [-0.05, 0) is 18.2 Å². The van der Waals surface area contributed by atoms with Gasteiger partial charge in [0.1, 0.15) is 5.75 Å². The van der Waals surface area contributed by atoms with Crippen molar-refractivity contribution in [3.63, 3.8) is 0 Å². The lowest BCUT2D eigenvalue weighted by Crippen LogP contribution is -2.17. The highest BCUT2D eigenvalue weighted by Gasteiger charge is 2.09. The number of hydrogen-bond donors (Lipinski definition) is 3. The lowest BCUT2D eigenvalue weighted by molar-refractivity contribution is -0.118. The number of anilines is 1. The van der Waals surface area contributed by atoms with Crippen molar-refractivity contribution in [1.82, 2.24) is 0 Å². The van der Waals surface area contributed by atoms with Gasteiger partial charge in [-0.2, -0.15) is 0 Å². The number of aromatic hydroxyl groups is 1. The minimum Gasteiger partial charge on any atom is -0.506 e. The molecular weight excluding hydrogens is 198 g/mol. The molecule has 0 unspecified atom stereocenters. The summed E-state index contributed by atoms with van der Waals surface area (Å²) in [6.07, 6.45) is 0. The maximum absolute atomic E-state index is 11.3. The third-order valence-electron chi connectivity index (χ3n) is 1.76. The largest absolute Gasteiger partial charge is 0.506 e. The number of carbonyl (C=O) groups excluding carboxylic acids is 1. The van der Waals surface area contributed by atoms with E-state index >= 15 is 0 Å². The van der Waals surface area contributed by atoms with Crippen LogP contribution >= 0.6 is 12.6 Å². The molecule has 0 radical (unpaired) electrons. The van der Waals surface area contributed by atoms with E-state index in [1.807, 2.05) is 0 Å². The predicted octanol–water partition coefficient (Wildman–Crippen LogP) is 2.28. The number of amides is 1. The molecule has 1 aromatic carbocycles. The van der Waals surface area contributed by atoms with E-state index in [9.17, 15) is 9.90 Å². The molecular formula is C10H13NO2S. The summed E-state index contributed by atoms with van der Waals surface area (Å²) in [7, 11) is 0. The molecule has 1 aromatic rings. The van der Waals surface area contributed by atoms with E-state index in [2.05, 4.69) is 17.9 Å². The van der Waals surface area contributed by atoms with Crippen LogP contribution in [0.5, 0.6) is 5.75 Å². The Balaban J connectivity index is 2.86. The van der Waals surface area contributed by atoms with Crippen molar-refractivity contribution in [2.45, 2.75) is 18.7 Å². The van der Waals surface area contributed by atoms with Gasteiger partial charge in [0, 0.05) is 10.8 Å². The molecule has 0 spiro atoms. The first kappa shape index (κ1) is 10.9. The standard InChI is InChI=1S/C10H13NO2S/c1-6(2)10(13)11-8-5-7(14)3-4-9(8)12/h3-6,12,14H,1-2H3,(H,11,13). The smallest absolute Gasteiger partial charge is 0.227 e. The Morgan fingerprint density at radius 1 is 1.50 bits per heavy atom. The molecule has 0 aromatic heterocycles. The summed E-state index contributed by atoms with van der Waals surface area (Å²) in [4.78, 5) is 12.0. The fraction of sp³-hybridized carbons (Fsp3) is 0.300. The lowest BCUT2D eigenvalue weighted by atomic mass is 10.2. The molecule has 0 aliphatic rings. The Hall–Kier alpha value is -1.16. The van der Waals surface area contributed by atoms with Crippen LogP contribution in [0, 0.1) is 5.92 Å². The molecule has 0 fully saturated rings. The SMILES string of the molecule is CC(C)C(=O)Nc1cc(S)ccc1O. The summed E-state index contributed by atoms with van der Waals surface area (Å²) in [6, 6.07) is 4.76. The first-order chi connectivity index (χ1) is 6.50. The number of thiol groups is 1. The average molecular weight is 211 g/mol. The van der Waals surface area contributed by atoms with Crippen LogP contribution in [0.4, 0.5) is 5.69 Å². The van der Waals surface area contributed by atoms with Crippen LogP contribution in [0.2, 0.25) is 0 Å². The van der Waals surface area contributed by atoms with Crippen molar-refractivity contribution in [1.29, 1.82) is 0 Å². The van der Waals surface area contributed by atoms with Crippen LogP contribution in [0.25, 0.3) is 0 Å². The van der Waals surface area contributed by atoms with Crippen molar-refractivity contribution in [2.75, 3.05) is 5.32 Å². The highest BCUT2D eigenvalue weighted by atomic mass is 32.1. The van der Waals surface area contributed by atoms with Crippen molar-refractivity contribution in [2.24, 2.45) is 5.92 Å². The molecule has 0 aliphatic carbocycles. The molecule has 0 bridgehead atoms. The fourth-order valence-corrected chi connectivity index (χ4v) is 1.10. The highest BCUT2D eigenvalue weighted by Crippen LogP contribution is 2.25. The van der Waals surface area contributed by atoms with Crippen LogP contribution < -0.4 is 5.32 Å². The second-order valence-corrected chi connectivity index (χ2v) is 3.86. The van der Waals surface area contributed by atoms with Gasteiger partial charge in [0.2, 0.25) is 5.91 Å². The van der Waals surface area contributed by atoms with E-state index < -0.39 is 0 Å². The maximum Gasteiger partial charge on any atom is 0.227 e. The predicted molar refractivity (Wildman–Crippen MR) is 58.8 cm³/mol. The Labute approximate surface area is 88.6 Å². The molecule has 76 valence electrons. The molecule has 0 atom stereocenters. The van der Waals surface area contributed by atoms with Crippen LogP contribution in [0.1, 0.15) is 13.8 Å². The minimum absolute atomic E-state index is 0.0526. The normalized spacial score (nSPS) is 10.3.